The maximum Gasteiger partial charge on any atom is 0.323 e. The highest BCUT2D eigenvalue weighted by Gasteiger charge is 2.35. The van der Waals surface area contributed by atoms with E-state index in [1.54, 1.807) is 24.3 Å². The van der Waals surface area contributed by atoms with Crippen LogP contribution >= 0.6 is 0 Å². The number of carbonyl (C=O) groups excluding carboxylic acids is 2. The van der Waals surface area contributed by atoms with Gasteiger partial charge in [-0.3, -0.25) is 4.79 Å². The summed E-state index contributed by atoms with van der Waals surface area (Å²) < 4.78 is 0. The summed E-state index contributed by atoms with van der Waals surface area (Å²) in [4.78, 5) is 26.7. The molecular weight excluding hydrogens is 340 g/mol. The van der Waals surface area contributed by atoms with Crippen molar-refractivity contribution in [2.45, 2.75) is 26.3 Å². The second kappa shape index (κ2) is 7.80. The van der Waals surface area contributed by atoms with Gasteiger partial charge in [-0.2, -0.15) is 0 Å². The van der Waals surface area contributed by atoms with E-state index in [1.165, 1.54) is 0 Å². The average Bonchev–Trinajstić information content (AvgIpc) is 2.64. The molecule has 0 aliphatic carbocycles. The van der Waals surface area contributed by atoms with Crippen molar-refractivity contribution in [3.63, 3.8) is 0 Å². The zero-order valence-electron chi connectivity index (χ0n) is 15.7. The number of nitrogens with one attached hydrogen (secondary N) is 2. The molecule has 1 saturated heterocycles. The molecule has 1 fully saturated rings. The summed E-state index contributed by atoms with van der Waals surface area (Å²) in [5.74, 6) is -0.00439. The van der Waals surface area contributed by atoms with E-state index in [2.05, 4.69) is 24.5 Å². The molecule has 0 saturated carbocycles. The highest BCUT2D eigenvalue weighted by Crippen LogP contribution is 2.28. The van der Waals surface area contributed by atoms with Gasteiger partial charge >= 0.3 is 6.03 Å². The number of carbonyl (C=O) groups is 2. The molecule has 1 atom stereocenters. The van der Waals surface area contributed by atoms with E-state index in [4.69, 9.17) is 5.73 Å². The van der Waals surface area contributed by atoms with Gasteiger partial charge in [0.15, 0.2) is 0 Å². The zero-order chi connectivity index (χ0) is 19.4. The largest absolute Gasteiger partial charge is 0.338 e. The molecule has 142 valence electrons. The number of nitrogens with two attached hydrogens (primary N) is 1. The van der Waals surface area contributed by atoms with E-state index in [0.29, 0.717) is 30.0 Å². The molecule has 4 N–H and O–H groups in total. The lowest BCUT2D eigenvalue weighted by Crippen LogP contribution is -2.53. The van der Waals surface area contributed by atoms with E-state index >= 15 is 0 Å². The first-order chi connectivity index (χ1) is 12.8. The Labute approximate surface area is 159 Å². The molecule has 0 aromatic heterocycles. The number of hydrogen-bond donors (Lipinski definition) is 3. The summed E-state index contributed by atoms with van der Waals surface area (Å²) in [6.07, 6.45) is 0.804. The second-order valence-corrected chi connectivity index (χ2v) is 7.63. The summed E-state index contributed by atoms with van der Waals surface area (Å²) in [6.45, 7) is 5.50. The van der Waals surface area contributed by atoms with Crippen molar-refractivity contribution in [1.29, 1.82) is 0 Å². The van der Waals surface area contributed by atoms with Crippen molar-refractivity contribution in [2.75, 3.05) is 23.7 Å². The number of benzene rings is 2. The van der Waals surface area contributed by atoms with Crippen LogP contribution in [0.2, 0.25) is 0 Å². The highest BCUT2D eigenvalue weighted by atomic mass is 16.2. The molecular formula is C21H26N4O2. The van der Waals surface area contributed by atoms with Crippen LogP contribution in [-0.4, -0.2) is 36.0 Å². The molecule has 2 aromatic rings. The number of likely N-dealkylation sites (tertiary alicyclic amines) is 1. The second-order valence-electron chi connectivity index (χ2n) is 7.63. The van der Waals surface area contributed by atoms with Crippen LogP contribution < -0.4 is 16.4 Å². The number of rotatable bonds is 3. The Kier molecular flexibility index (Phi) is 5.46. The topological polar surface area (TPSA) is 87.5 Å². The Bertz CT molecular complexity index is 803. The zero-order valence-corrected chi connectivity index (χ0v) is 15.7. The van der Waals surface area contributed by atoms with E-state index in [0.717, 1.165) is 6.42 Å². The maximum atomic E-state index is 12.8. The lowest BCUT2D eigenvalue weighted by molar-refractivity contribution is 0.0533. The quantitative estimate of drug-likeness (QED) is 0.776. The Morgan fingerprint density at radius 3 is 2.19 bits per heavy atom. The minimum absolute atomic E-state index is 0.00439. The number of hydrogen-bond acceptors (Lipinski definition) is 3. The molecule has 1 unspecified atom stereocenters. The minimum Gasteiger partial charge on any atom is -0.338 e. The standard InChI is InChI=1S/C21H26N4O2/c1-21(2)14-25(13-12-18(21)22)19(26)15-8-10-17(11-9-15)24-20(27)23-16-6-4-3-5-7-16/h3-11,18H,12-14,22H2,1-2H3,(H2,23,24,27). The third-order valence-corrected chi connectivity index (χ3v) is 5.02. The number of amides is 3. The van der Waals surface area contributed by atoms with E-state index in [9.17, 15) is 9.59 Å². The SMILES string of the molecule is CC1(C)CN(C(=O)c2ccc(NC(=O)Nc3ccccc3)cc2)CCC1N. The Morgan fingerprint density at radius 2 is 1.59 bits per heavy atom. The molecule has 2 aromatic carbocycles. The number of para-hydroxylation sites is 1. The normalized spacial score (nSPS) is 18.6. The fraction of sp³-hybridized carbons (Fsp3) is 0.333. The Morgan fingerprint density at radius 1 is 1.00 bits per heavy atom. The van der Waals surface area contributed by atoms with Gasteiger partial charge in [-0.25, -0.2) is 4.79 Å². The molecule has 0 bridgehead atoms. The fourth-order valence-corrected chi connectivity index (χ4v) is 3.24. The van der Waals surface area contributed by atoms with Crippen molar-refractivity contribution >= 4 is 23.3 Å². The third-order valence-electron chi connectivity index (χ3n) is 5.02. The number of anilines is 2. The van der Waals surface area contributed by atoms with Crippen molar-refractivity contribution in [3.05, 3.63) is 60.2 Å². The van der Waals surface area contributed by atoms with Gasteiger partial charge in [-0.15, -0.1) is 0 Å². The molecule has 27 heavy (non-hydrogen) atoms. The molecule has 6 nitrogen and oxygen atoms in total. The van der Waals surface area contributed by atoms with Crippen LogP contribution in [0.3, 0.4) is 0 Å². The van der Waals surface area contributed by atoms with Crippen LogP contribution in [-0.2, 0) is 0 Å². The molecule has 6 heteroatoms. The van der Waals surface area contributed by atoms with Crippen molar-refractivity contribution in [2.24, 2.45) is 11.1 Å². The maximum absolute atomic E-state index is 12.8. The van der Waals surface area contributed by atoms with Gasteiger partial charge in [0.2, 0.25) is 0 Å². The summed E-state index contributed by atoms with van der Waals surface area (Å²) in [7, 11) is 0. The summed E-state index contributed by atoms with van der Waals surface area (Å²) >= 11 is 0. The van der Waals surface area contributed by atoms with Crippen LogP contribution in [0.5, 0.6) is 0 Å². The van der Waals surface area contributed by atoms with Crippen LogP contribution in [0, 0.1) is 5.41 Å². The van der Waals surface area contributed by atoms with Gasteiger partial charge in [-0.1, -0.05) is 32.0 Å². The van der Waals surface area contributed by atoms with Crippen LogP contribution in [0.25, 0.3) is 0 Å². The predicted molar refractivity (Wildman–Crippen MR) is 108 cm³/mol. The smallest absolute Gasteiger partial charge is 0.323 e. The lowest BCUT2D eigenvalue weighted by atomic mass is 9.79. The third kappa shape index (κ3) is 4.65. The summed E-state index contributed by atoms with van der Waals surface area (Å²) in [6, 6.07) is 15.9. The molecule has 0 radical (unpaired) electrons. The van der Waals surface area contributed by atoms with Crippen molar-refractivity contribution < 1.29 is 9.59 Å². The molecule has 1 aliphatic rings. The summed E-state index contributed by atoms with van der Waals surface area (Å²) in [5.41, 5.74) is 8.01. The fourth-order valence-electron chi connectivity index (χ4n) is 3.24. The number of piperidine rings is 1. The molecule has 1 aliphatic heterocycles. The Balaban J connectivity index is 1.60. The molecule has 3 amide bonds. The van der Waals surface area contributed by atoms with Crippen molar-refractivity contribution in [1.82, 2.24) is 4.90 Å². The van der Waals surface area contributed by atoms with Crippen LogP contribution in [0.15, 0.2) is 54.6 Å². The van der Waals surface area contributed by atoms with E-state index in [-0.39, 0.29) is 23.4 Å². The van der Waals surface area contributed by atoms with Gasteiger partial charge < -0.3 is 21.3 Å². The van der Waals surface area contributed by atoms with Crippen LogP contribution in [0.1, 0.15) is 30.6 Å². The van der Waals surface area contributed by atoms with E-state index in [1.807, 2.05) is 35.2 Å². The van der Waals surface area contributed by atoms with E-state index < -0.39 is 0 Å². The monoisotopic (exact) mass is 366 g/mol. The van der Waals surface area contributed by atoms with Gasteiger partial charge in [0.1, 0.15) is 0 Å². The lowest BCUT2D eigenvalue weighted by Gasteiger charge is -2.42. The van der Waals surface area contributed by atoms with Gasteiger partial charge in [0.25, 0.3) is 5.91 Å². The van der Waals surface area contributed by atoms with Crippen molar-refractivity contribution in [3.8, 4) is 0 Å². The molecule has 0 spiro atoms. The first-order valence-electron chi connectivity index (χ1n) is 9.13. The summed E-state index contributed by atoms with van der Waals surface area (Å²) in [5, 5.41) is 5.52. The Hall–Kier alpha value is -2.86. The molecule has 1 heterocycles. The van der Waals surface area contributed by atoms with Gasteiger partial charge in [0.05, 0.1) is 0 Å². The number of urea groups is 1. The molecule has 3 rings (SSSR count). The number of nitrogens with zero attached hydrogens (tertiary/aromatic N) is 1. The first-order valence-corrected chi connectivity index (χ1v) is 9.13. The average molecular weight is 366 g/mol. The predicted octanol–water partition coefficient (Wildman–Crippen LogP) is 3.53. The minimum atomic E-state index is -0.327. The first kappa shape index (κ1) is 18.9. The van der Waals surface area contributed by atoms with Gasteiger partial charge in [-0.05, 0) is 48.2 Å². The highest BCUT2D eigenvalue weighted by molar-refractivity contribution is 6.00. The van der Waals surface area contributed by atoms with Gasteiger partial charge in [0, 0.05) is 36.1 Å². The van der Waals surface area contributed by atoms with Crippen LogP contribution in [0.4, 0.5) is 16.2 Å².